The van der Waals surface area contributed by atoms with Crippen molar-refractivity contribution in [3.63, 3.8) is 0 Å². The van der Waals surface area contributed by atoms with Gasteiger partial charge < -0.3 is 19.7 Å². The number of likely N-dealkylation sites (tertiary alicyclic amines) is 1. The van der Waals surface area contributed by atoms with Crippen LogP contribution in [-0.2, 0) is 0 Å². The first-order valence-electron chi connectivity index (χ1n) is 9.29. The number of benzene rings is 1. The molecule has 2 N–H and O–H groups in total. The maximum atomic E-state index is 12.9. The quantitative estimate of drug-likeness (QED) is 0.838. The van der Waals surface area contributed by atoms with Crippen LogP contribution in [0, 0.1) is 18.8 Å². The maximum Gasteiger partial charge on any atom is 0.371 e. The second-order valence-electron chi connectivity index (χ2n) is 7.61. The van der Waals surface area contributed by atoms with Gasteiger partial charge in [0.15, 0.2) is 5.76 Å². The summed E-state index contributed by atoms with van der Waals surface area (Å²) in [6.07, 6.45) is 1.11. The van der Waals surface area contributed by atoms with Gasteiger partial charge in [0.1, 0.15) is 0 Å². The molecular formula is C21H24N2O5. The number of carboxylic acid groups (broad SMARTS) is 1. The molecule has 7 nitrogen and oxygen atoms in total. The van der Waals surface area contributed by atoms with Crippen LogP contribution in [0.25, 0.3) is 0 Å². The van der Waals surface area contributed by atoms with Gasteiger partial charge in [-0.05, 0) is 55.0 Å². The Kier molecular flexibility index (Phi) is 5.53. The largest absolute Gasteiger partial charge is 0.475 e. The number of furan rings is 1. The normalized spacial score (nSPS) is 19.3. The predicted octanol–water partition coefficient (Wildman–Crippen LogP) is 3.66. The molecule has 28 heavy (non-hydrogen) atoms. The molecule has 0 radical (unpaired) electrons. The van der Waals surface area contributed by atoms with E-state index in [1.165, 1.54) is 12.1 Å². The molecule has 2 heterocycles. The Morgan fingerprint density at radius 1 is 1.07 bits per heavy atom. The standard InChI is InChI=1S/C21H24N2O5/c1-12-8-13(2)11-23(10-12)20(25)15-5-4-14(3)16(9-15)22-19(24)17-6-7-18(28-17)21(26)27/h4-7,9,12-13H,8,10-11H2,1-3H3,(H,22,24)(H,26,27). The lowest BCUT2D eigenvalue weighted by Crippen LogP contribution is -2.42. The minimum atomic E-state index is -1.24. The van der Waals surface area contributed by atoms with Crippen LogP contribution < -0.4 is 5.32 Å². The van der Waals surface area contributed by atoms with E-state index in [9.17, 15) is 14.4 Å². The predicted molar refractivity (Wildman–Crippen MR) is 104 cm³/mol. The molecule has 2 unspecified atom stereocenters. The van der Waals surface area contributed by atoms with E-state index in [1.54, 1.807) is 18.2 Å². The molecule has 1 aromatic heterocycles. The van der Waals surface area contributed by atoms with Gasteiger partial charge in [0.05, 0.1) is 0 Å². The van der Waals surface area contributed by atoms with Crippen molar-refractivity contribution in [1.82, 2.24) is 4.90 Å². The number of piperidine rings is 1. The number of carbonyl (C=O) groups excluding carboxylic acids is 2. The zero-order valence-corrected chi connectivity index (χ0v) is 16.2. The molecule has 1 aliphatic heterocycles. The second-order valence-corrected chi connectivity index (χ2v) is 7.61. The van der Waals surface area contributed by atoms with Gasteiger partial charge >= 0.3 is 5.97 Å². The van der Waals surface area contributed by atoms with Crippen LogP contribution in [0.5, 0.6) is 0 Å². The average Bonchev–Trinajstić information content (AvgIpc) is 3.13. The molecule has 148 valence electrons. The fourth-order valence-corrected chi connectivity index (χ4v) is 3.66. The van der Waals surface area contributed by atoms with Crippen LogP contribution in [0.15, 0.2) is 34.7 Å². The summed E-state index contributed by atoms with van der Waals surface area (Å²) >= 11 is 0. The highest BCUT2D eigenvalue weighted by Gasteiger charge is 2.26. The molecule has 3 rings (SSSR count). The van der Waals surface area contributed by atoms with Crippen LogP contribution in [0.4, 0.5) is 5.69 Å². The number of hydrogen-bond donors (Lipinski definition) is 2. The highest BCUT2D eigenvalue weighted by atomic mass is 16.4. The Morgan fingerprint density at radius 2 is 1.71 bits per heavy atom. The third-order valence-electron chi connectivity index (χ3n) is 4.93. The van der Waals surface area contributed by atoms with Crippen LogP contribution in [0.3, 0.4) is 0 Å². The van der Waals surface area contributed by atoms with Crippen molar-refractivity contribution in [3.05, 3.63) is 53.0 Å². The number of amides is 2. The van der Waals surface area contributed by atoms with E-state index in [4.69, 9.17) is 9.52 Å². The molecule has 7 heteroatoms. The molecule has 1 saturated heterocycles. The molecule has 0 saturated carbocycles. The zero-order valence-electron chi connectivity index (χ0n) is 16.2. The number of carbonyl (C=O) groups is 3. The van der Waals surface area contributed by atoms with Gasteiger partial charge in [-0.1, -0.05) is 19.9 Å². The van der Waals surface area contributed by atoms with Gasteiger partial charge in [0.25, 0.3) is 11.8 Å². The number of aromatic carboxylic acids is 1. The molecular weight excluding hydrogens is 360 g/mol. The number of aryl methyl sites for hydroxylation is 1. The van der Waals surface area contributed by atoms with Crippen molar-refractivity contribution < 1.29 is 23.9 Å². The Bertz CT molecular complexity index is 907. The van der Waals surface area contributed by atoms with Crippen molar-refractivity contribution in [2.24, 2.45) is 11.8 Å². The highest BCUT2D eigenvalue weighted by molar-refractivity contribution is 6.04. The molecule has 0 bridgehead atoms. The van der Waals surface area contributed by atoms with Gasteiger partial charge in [-0.25, -0.2) is 4.79 Å². The summed E-state index contributed by atoms with van der Waals surface area (Å²) in [7, 11) is 0. The number of nitrogens with one attached hydrogen (secondary N) is 1. The lowest BCUT2D eigenvalue weighted by Gasteiger charge is -2.35. The number of anilines is 1. The van der Waals surface area contributed by atoms with Crippen molar-refractivity contribution in [2.45, 2.75) is 27.2 Å². The smallest absolute Gasteiger partial charge is 0.371 e. The number of nitrogens with zero attached hydrogens (tertiary/aromatic N) is 1. The summed E-state index contributed by atoms with van der Waals surface area (Å²) in [4.78, 5) is 38.1. The molecule has 1 aliphatic rings. The number of rotatable bonds is 4. The van der Waals surface area contributed by atoms with Crippen molar-refractivity contribution in [2.75, 3.05) is 18.4 Å². The first-order valence-corrected chi connectivity index (χ1v) is 9.29. The molecule has 2 aromatic rings. The number of hydrogen-bond acceptors (Lipinski definition) is 4. The second kappa shape index (κ2) is 7.88. The van der Waals surface area contributed by atoms with Crippen molar-refractivity contribution in [1.29, 1.82) is 0 Å². The van der Waals surface area contributed by atoms with Gasteiger partial charge in [0, 0.05) is 24.3 Å². The minimum absolute atomic E-state index is 0.0555. The lowest BCUT2D eigenvalue weighted by molar-refractivity contribution is 0.0621. The summed E-state index contributed by atoms with van der Waals surface area (Å²) < 4.78 is 5.03. The Balaban J connectivity index is 1.78. The third kappa shape index (κ3) is 4.24. The van der Waals surface area contributed by atoms with Crippen molar-refractivity contribution >= 4 is 23.5 Å². The molecule has 1 aromatic carbocycles. The lowest BCUT2D eigenvalue weighted by atomic mass is 9.91. The van der Waals surface area contributed by atoms with Gasteiger partial charge in [0.2, 0.25) is 5.76 Å². The Labute approximate surface area is 163 Å². The van der Waals surface area contributed by atoms with E-state index in [0.717, 1.165) is 25.1 Å². The van der Waals surface area contributed by atoms with Crippen LogP contribution in [-0.4, -0.2) is 40.9 Å². The molecule has 2 atom stereocenters. The van der Waals surface area contributed by atoms with E-state index in [-0.39, 0.29) is 17.4 Å². The van der Waals surface area contributed by atoms with E-state index >= 15 is 0 Å². The molecule has 0 aliphatic carbocycles. The molecule has 1 fully saturated rings. The first-order chi connectivity index (χ1) is 13.2. The average molecular weight is 384 g/mol. The topological polar surface area (TPSA) is 99.9 Å². The van der Waals surface area contributed by atoms with Crippen molar-refractivity contribution in [3.8, 4) is 0 Å². The van der Waals surface area contributed by atoms with Gasteiger partial charge in [-0.2, -0.15) is 0 Å². The van der Waals surface area contributed by atoms with E-state index in [0.29, 0.717) is 23.1 Å². The van der Waals surface area contributed by atoms with Crippen LogP contribution in [0.2, 0.25) is 0 Å². The summed E-state index contributed by atoms with van der Waals surface area (Å²) in [6.45, 7) is 7.56. The number of carboxylic acids is 1. The van der Waals surface area contributed by atoms with Crippen LogP contribution in [0.1, 0.15) is 57.3 Å². The monoisotopic (exact) mass is 384 g/mol. The zero-order chi connectivity index (χ0) is 20.4. The SMILES string of the molecule is Cc1ccc(C(=O)N2CC(C)CC(C)C2)cc1NC(=O)c1ccc(C(=O)O)o1. The van der Waals surface area contributed by atoms with Crippen LogP contribution >= 0.6 is 0 Å². The minimum Gasteiger partial charge on any atom is -0.475 e. The summed E-state index contributed by atoms with van der Waals surface area (Å²) in [5, 5.41) is 11.6. The first kappa shape index (κ1) is 19.7. The van der Waals surface area contributed by atoms with E-state index < -0.39 is 11.9 Å². The molecule has 2 amide bonds. The van der Waals surface area contributed by atoms with Gasteiger partial charge in [-0.3, -0.25) is 9.59 Å². The van der Waals surface area contributed by atoms with E-state index in [1.807, 2.05) is 11.8 Å². The summed E-state index contributed by atoms with van der Waals surface area (Å²) in [5.41, 5.74) is 1.78. The van der Waals surface area contributed by atoms with E-state index in [2.05, 4.69) is 19.2 Å². The summed E-state index contributed by atoms with van der Waals surface area (Å²) in [6, 6.07) is 7.72. The maximum absolute atomic E-state index is 12.9. The Hall–Kier alpha value is -3.09. The Morgan fingerprint density at radius 3 is 2.32 bits per heavy atom. The fourth-order valence-electron chi connectivity index (χ4n) is 3.66. The van der Waals surface area contributed by atoms with Gasteiger partial charge in [-0.15, -0.1) is 0 Å². The summed E-state index contributed by atoms with van der Waals surface area (Å²) in [5.74, 6) is -1.36. The third-order valence-corrected chi connectivity index (χ3v) is 4.93. The fraction of sp³-hybridized carbons (Fsp3) is 0.381. The highest BCUT2D eigenvalue weighted by Crippen LogP contribution is 2.24. The molecule has 0 spiro atoms.